The standard InChI is InChI=1S/C15H12IN2O2/c1-9-7-8-11-13(19)12(15(20)18-14(11)17-9)16-10-5-3-2-4-6-10/h2-8H,1H3,(H2,17,18,19,20)/q-1. The van der Waals surface area contributed by atoms with Crippen LogP contribution in [0.15, 0.2) is 47.3 Å². The number of hydrogen-bond donors (Lipinski definition) is 2. The van der Waals surface area contributed by atoms with E-state index in [2.05, 4.69) is 9.97 Å². The molecule has 0 aliphatic carbocycles. The number of rotatable bonds is 2. The fourth-order valence-electron chi connectivity index (χ4n) is 1.91. The van der Waals surface area contributed by atoms with Crippen LogP contribution in [0, 0.1) is 14.1 Å². The molecule has 3 rings (SSSR count). The van der Waals surface area contributed by atoms with E-state index in [4.69, 9.17) is 0 Å². The van der Waals surface area contributed by atoms with Gasteiger partial charge in [0.05, 0.1) is 0 Å². The second-order valence-electron chi connectivity index (χ2n) is 4.36. The van der Waals surface area contributed by atoms with Crippen LogP contribution in [0.25, 0.3) is 11.0 Å². The van der Waals surface area contributed by atoms with Crippen molar-refractivity contribution in [3.63, 3.8) is 0 Å². The van der Waals surface area contributed by atoms with Crippen molar-refractivity contribution in [2.24, 2.45) is 0 Å². The number of halogens is 1. The third-order valence-corrected chi connectivity index (χ3v) is 5.75. The number of nitrogens with one attached hydrogen (secondary N) is 1. The van der Waals surface area contributed by atoms with Gasteiger partial charge in [0.2, 0.25) is 0 Å². The molecule has 5 heteroatoms. The average Bonchev–Trinajstić information content (AvgIpc) is 2.44. The van der Waals surface area contributed by atoms with Crippen molar-refractivity contribution in [1.82, 2.24) is 9.97 Å². The molecular weight excluding hydrogens is 367 g/mol. The van der Waals surface area contributed by atoms with Gasteiger partial charge < -0.3 is 0 Å². The predicted molar refractivity (Wildman–Crippen MR) is 72.6 cm³/mol. The first-order chi connectivity index (χ1) is 9.65. The van der Waals surface area contributed by atoms with E-state index in [0.717, 1.165) is 9.26 Å². The van der Waals surface area contributed by atoms with Crippen LogP contribution in [-0.2, 0) is 0 Å². The number of H-pyrrole nitrogens is 1. The van der Waals surface area contributed by atoms with Gasteiger partial charge in [-0.05, 0) is 0 Å². The first-order valence-electron chi connectivity index (χ1n) is 6.07. The van der Waals surface area contributed by atoms with Gasteiger partial charge in [0.25, 0.3) is 0 Å². The van der Waals surface area contributed by atoms with Crippen molar-refractivity contribution in [2.45, 2.75) is 6.92 Å². The molecule has 0 amide bonds. The third kappa shape index (κ3) is 2.40. The number of aromatic hydroxyl groups is 1. The first-order valence-corrected chi connectivity index (χ1v) is 8.23. The molecule has 0 saturated carbocycles. The summed E-state index contributed by atoms with van der Waals surface area (Å²) in [5, 5.41) is 10.9. The molecular formula is C15H12IN2O2-. The molecule has 102 valence electrons. The van der Waals surface area contributed by atoms with E-state index in [0.29, 0.717) is 14.6 Å². The number of aryl methyl sites for hydroxylation is 1. The van der Waals surface area contributed by atoms with Crippen LogP contribution >= 0.6 is 0 Å². The van der Waals surface area contributed by atoms with E-state index >= 15 is 0 Å². The number of fused-ring (bicyclic) bond motifs is 1. The minimum atomic E-state index is -0.719. The molecule has 0 aliphatic rings. The summed E-state index contributed by atoms with van der Waals surface area (Å²) in [5.74, 6) is 0.0629. The van der Waals surface area contributed by atoms with Gasteiger partial charge in [-0.1, -0.05) is 0 Å². The predicted octanol–water partition coefficient (Wildman–Crippen LogP) is -0.934. The van der Waals surface area contributed by atoms with Crippen LogP contribution in [0.1, 0.15) is 5.69 Å². The minimum absolute atomic E-state index is 0.0629. The van der Waals surface area contributed by atoms with Gasteiger partial charge in [-0.25, -0.2) is 0 Å². The number of hydrogen-bond acceptors (Lipinski definition) is 3. The van der Waals surface area contributed by atoms with Gasteiger partial charge in [-0.15, -0.1) is 0 Å². The molecule has 3 aromatic rings. The molecule has 0 bridgehead atoms. The maximum atomic E-state index is 12.1. The summed E-state index contributed by atoms with van der Waals surface area (Å²) in [7, 11) is 0. The molecule has 0 fully saturated rings. The van der Waals surface area contributed by atoms with Crippen molar-refractivity contribution < 1.29 is 26.3 Å². The Bertz CT molecular complexity index is 828. The normalized spacial score (nSPS) is 11.1. The van der Waals surface area contributed by atoms with Crippen LogP contribution in [0.5, 0.6) is 5.75 Å². The zero-order valence-corrected chi connectivity index (χ0v) is 12.9. The Morgan fingerprint density at radius 1 is 1.15 bits per heavy atom. The SMILES string of the molecule is Cc1ccc2c(O)c([I-]c3ccccc3)c(=O)[nH]c2n1. The van der Waals surface area contributed by atoms with Crippen molar-refractivity contribution >= 4 is 11.0 Å². The van der Waals surface area contributed by atoms with Gasteiger partial charge in [0.15, 0.2) is 0 Å². The molecule has 2 heterocycles. The summed E-state index contributed by atoms with van der Waals surface area (Å²) in [6.45, 7) is 1.85. The first kappa shape index (κ1) is 13.1. The molecule has 1 aromatic carbocycles. The van der Waals surface area contributed by atoms with Gasteiger partial charge >= 0.3 is 126 Å². The zero-order valence-electron chi connectivity index (χ0n) is 10.7. The van der Waals surface area contributed by atoms with Crippen molar-refractivity contribution in [1.29, 1.82) is 0 Å². The molecule has 0 spiro atoms. The Morgan fingerprint density at radius 3 is 2.65 bits per heavy atom. The van der Waals surface area contributed by atoms with E-state index in [1.54, 1.807) is 6.07 Å². The van der Waals surface area contributed by atoms with Crippen molar-refractivity contribution in [3.8, 4) is 5.75 Å². The van der Waals surface area contributed by atoms with Crippen LogP contribution in [-0.4, -0.2) is 15.1 Å². The molecule has 2 aromatic heterocycles. The fraction of sp³-hybridized carbons (Fsp3) is 0.0667. The van der Waals surface area contributed by atoms with E-state index < -0.39 is 21.2 Å². The van der Waals surface area contributed by atoms with Crippen molar-refractivity contribution in [3.05, 3.63) is 65.7 Å². The molecule has 2 N–H and O–H groups in total. The van der Waals surface area contributed by atoms with E-state index in [1.807, 2.05) is 43.3 Å². The summed E-state index contributed by atoms with van der Waals surface area (Å²) in [6, 6.07) is 13.4. The fourth-order valence-corrected chi connectivity index (χ4v) is 4.23. The van der Waals surface area contributed by atoms with E-state index in [1.165, 1.54) is 0 Å². The van der Waals surface area contributed by atoms with Gasteiger partial charge in [-0.3, -0.25) is 0 Å². The Morgan fingerprint density at radius 2 is 1.90 bits per heavy atom. The molecule has 4 nitrogen and oxygen atoms in total. The van der Waals surface area contributed by atoms with Crippen molar-refractivity contribution in [2.75, 3.05) is 0 Å². The molecule has 0 radical (unpaired) electrons. The maximum absolute atomic E-state index is 12.1. The Kier molecular flexibility index (Phi) is 3.43. The quantitative estimate of drug-likeness (QED) is 0.566. The second-order valence-corrected chi connectivity index (χ2v) is 7.22. The number of benzene rings is 1. The molecule has 0 saturated heterocycles. The number of pyridine rings is 2. The Balaban J connectivity index is 2.16. The monoisotopic (exact) mass is 379 g/mol. The summed E-state index contributed by atoms with van der Waals surface area (Å²) in [4.78, 5) is 19.1. The topological polar surface area (TPSA) is 66.0 Å². The summed E-state index contributed by atoms with van der Waals surface area (Å²) in [5.41, 5.74) is 0.996. The van der Waals surface area contributed by atoms with Gasteiger partial charge in [-0.2, -0.15) is 0 Å². The van der Waals surface area contributed by atoms with Gasteiger partial charge in [0, 0.05) is 0 Å². The van der Waals surface area contributed by atoms with Crippen LogP contribution < -0.4 is 26.8 Å². The Labute approximate surface area is 125 Å². The number of aromatic nitrogens is 2. The van der Waals surface area contributed by atoms with Crippen LogP contribution in [0.4, 0.5) is 0 Å². The van der Waals surface area contributed by atoms with Crippen LogP contribution in [0.3, 0.4) is 0 Å². The number of aromatic amines is 1. The summed E-state index contributed by atoms with van der Waals surface area (Å²) in [6.07, 6.45) is 0. The van der Waals surface area contributed by atoms with E-state index in [9.17, 15) is 9.90 Å². The van der Waals surface area contributed by atoms with Crippen LogP contribution in [0.2, 0.25) is 0 Å². The van der Waals surface area contributed by atoms with Gasteiger partial charge in [0.1, 0.15) is 0 Å². The number of nitrogens with zero attached hydrogens (tertiary/aromatic N) is 1. The third-order valence-electron chi connectivity index (χ3n) is 2.87. The molecule has 20 heavy (non-hydrogen) atoms. The summed E-state index contributed by atoms with van der Waals surface area (Å²) < 4.78 is 1.57. The Hall–Kier alpha value is -1.89. The molecule has 0 atom stereocenters. The second kappa shape index (κ2) is 5.24. The zero-order chi connectivity index (χ0) is 14.1. The molecule has 0 aliphatic heterocycles. The summed E-state index contributed by atoms with van der Waals surface area (Å²) >= 11 is -0.719. The van der Waals surface area contributed by atoms with E-state index in [-0.39, 0.29) is 11.3 Å². The molecule has 0 unspecified atom stereocenters. The average molecular weight is 379 g/mol.